The molecule has 1 atom stereocenters. The lowest BCUT2D eigenvalue weighted by Gasteiger charge is -2.24. The lowest BCUT2D eigenvalue weighted by atomic mass is 9.89. The Morgan fingerprint density at radius 1 is 1.00 bits per heavy atom. The van der Waals surface area contributed by atoms with Crippen molar-refractivity contribution in [2.24, 2.45) is 5.73 Å². The summed E-state index contributed by atoms with van der Waals surface area (Å²) >= 11 is 0. The monoisotopic (exact) mass is 473 g/mol. The highest BCUT2D eigenvalue weighted by Crippen LogP contribution is 2.35. The van der Waals surface area contributed by atoms with Gasteiger partial charge in [-0.05, 0) is 52.5 Å². The Balaban J connectivity index is 2.56. The summed E-state index contributed by atoms with van der Waals surface area (Å²) in [5.41, 5.74) is 8.97. The number of hydrogen-bond acceptors (Lipinski definition) is 4. The maximum Gasteiger partial charge on any atom is 0.322 e. The predicted octanol–water partition coefficient (Wildman–Crippen LogP) is 4.32. The molecule has 0 radical (unpaired) electrons. The number of rotatable bonds is 10. The van der Waals surface area contributed by atoms with Gasteiger partial charge in [-0.3, -0.25) is 10.2 Å². The maximum atomic E-state index is 13.6. The molecule has 0 heterocycles. The van der Waals surface area contributed by atoms with E-state index in [1.165, 1.54) is 0 Å². The number of sulfonamides is 1. The van der Waals surface area contributed by atoms with E-state index >= 15 is 0 Å². The number of amidine groups is 1. The smallest absolute Gasteiger partial charge is 0.322 e. The van der Waals surface area contributed by atoms with Crippen LogP contribution >= 0.6 is 0 Å². The van der Waals surface area contributed by atoms with E-state index < -0.39 is 22.0 Å². The number of carbonyl (C=O) groups is 1. The van der Waals surface area contributed by atoms with Gasteiger partial charge in [0, 0.05) is 5.56 Å². The molecule has 2 aromatic carbocycles. The van der Waals surface area contributed by atoms with Crippen molar-refractivity contribution >= 4 is 21.8 Å². The zero-order valence-electron chi connectivity index (χ0n) is 20.1. The Hall–Kier alpha value is -2.71. The standard InChI is InChI=1S/C25H35N3O4S/c1-14(2)19-12-20(15(3)4)23(21(13-19)16(5)6)33(31,32)28-22(25(29)30)11-17-8-7-9-18(10-17)24(26)27/h7-10,12-16,22,28H,11H2,1-6H3,(H3,26,27)(H,29,30). The van der Waals surface area contributed by atoms with Crippen LogP contribution in [0.2, 0.25) is 0 Å². The number of hydrogen-bond donors (Lipinski definition) is 4. The highest BCUT2D eigenvalue weighted by atomic mass is 32.2. The van der Waals surface area contributed by atoms with Crippen LogP contribution < -0.4 is 10.5 Å². The minimum atomic E-state index is -4.14. The van der Waals surface area contributed by atoms with Gasteiger partial charge in [-0.2, -0.15) is 4.72 Å². The quantitative estimate of drug-likeness (QED) is 0.301. The fourth-order valence-corrected chi connectivity index (χ4v) is 5.61. The molecule has 0 bridgehead atoms. The zero-order chi connectivity index (χ0) is 25.1. The third-order valence-corrected chi connectivity index (χ3v) is 7.23. The zero-order valence-corrected chi connectivity index (χ0v) is 21.0. The van der Waals surface area contributed by atoms with E-state index in [2.05, 4.69) is 18.6 Å². The van der Waals surface area contributed by atoms with E-state index in [9.17, 15) is 18.3 Å². The molecular formula is C25H35N3O4S. The molecule has 0 spiro atoms. The lowest BCUT2D eigenvalue weighted by Crippen LogP contribution is -2.43. The molecule has 0 aromatic heterocycles. The lowest BCUT2D eigenvalue weighted by molar-refractivity contribution is -0.138. The van der Waals surface area contributed by atoms with Gasteiger partial charge in [-0.1, -0.05) is 71.9 Å². The van der Waals surface area contributed by atoms with Crippen LogP contribution in [-0.4, -0.2) is 31.4 Å². The molecule has 33 heavy (non-hydrogen) atoms. The van der Waals surface area contributed by atoms with Crippen molar-refractivity contribution in [3.8, 4) is 0 Å². The second-order valence-electron chi connectivity index (χ2n) is 9.32. The van der Waals surface area contributed by atoms with Crippen molar-refractivity contribution in [1.82, 2.24) is 4.72 Å². The van der Waals surface area contributed by atoms with Gasteiger partial charge in [-0.25, -0.2) is 8.42 Å². The van der Waals surface area contributed by atoms with Crippen LogP contribution in [0.3, 0.4) is 0 Å². The summed E-state index contributed by atoms with van der Waals surface area (Å²) in [5.74, 6) is -1.32. The fourth-order valence-electron chi connectivity index (χ4n) is 3.73. The Morgan fingerprint density at radius 3 is 1.97 bits per heavy atom. The Morgan fingerprint density at radius 2 is 1.55 bits per heavy atom. The first-order valence-electron chi connectivity index (χ1n) is 11.1. The third kappa shape index (κ3) is 6.42. The summed E-state index contributed by atoms with van der Waals surface area (Å²) in [5, 5.41) is 17.4. The maximum absolute atomic E-state index is 13.6. The van der Waals surface area contributed by atoms with Crippen molar-refractivity contribution in [2.45, 2.75) is 76.7 Å². The first kappa shape index (κ1) is 26.5. The molecule has 5 N–H and O–H groups in total. The average molecular weight is 474 g/mol. The average Bonchev–Trinajstić information content (AvgIpc) is 2.72. The van der Waals surface area contributed by atoms with Crippen molar-refractivity contribution in [2.75, 3.05) is 0 Å². The summed E-state index contributed by atoms with van der Waals surface area (Å²) in [4.78, 5) is 12.2. The van der Waals surface area contributed by atoms with E-state index in [0.717, 1.165) is 5.56 Å². The minimum Gasteiger partial charge on any atom is -0.480 e. The third-order valence-electron chi connectivity index (χ3n) is 5.62. The molecule has 2 aromatic rings. The van der Waals surface area contributed by atoms with Gasteiger partial charge in [-0.15, -0.1) is 0 Å². The predicted molar refractivity (Wildman–Crippen MR) is 132 cm³/mol. The fraction of sp³-hybridized carbons (Fsp3) is 0.440. The number of nitrogens with one attached hydrogen (secondary N) is 2. The van der Waals surface area contributed by atoms with Crippen LogP contribution in [0.15, 0.2) is 41.3 Å². The first-order chi connectivity index (χ1) is 15.2. The normalized spacial score (nSPS) is 13.0. The molecule has 0 amide bonds. The molecule has 180 valence electrons. The Bertz CT molecular complexity index is 1110. The number of carboxylic acid groups (broad SMARTS) is 1. The number of nitrogen functional groups attached to an aromatic ring is 1. The molecule has 0 saturated carbocycles. The molecule has 0 aliphatic carbocycles. The molecule has 0 saturated heterocycles. The summed E-state index contributed by atoms with van der Waals surface area (Å²) in [6.07, 6.45) is -0.0756. The number of nitrogens with two attached hydrogens (primary N) is 1. The summed E-state index contributed by atoms with van der Waals surface area (Å²) < 4.78 is 29.7. The van der Waals surface area contributed by atoms with Crippen LogP contribution in [0.5, 0.6) is 0 Å². The van der Waals surface area contributed by atoms with Gasteiger partial charge in [0.2, 0.25) is 10.0 Å². The van der Waals surface area contributed by atoms with Gasteiger partial charge in [0.05, 0.1) is 4.90 Å². The van der Waals surface area contributed by atoms with Gasteiger partial charge < -0.3 is 10.8 Å². The first-order valence-corrected chi connectivity index (χ1v) is 12.6. The van der Waals surface area contributed by atoms with Crippen molar-refractivity contribution in [1.29, 1.82) is 5.41 Å². The number of carboxylic acids is 1. The number of benzene rings is 2. The number of aliphatic carboxylic acids is 1. The summed E-state index contributed by atoms with van der Waals surface area (Å²) in [6.45, 7) is 11.9. The summed E-state index contributed by atoms with van der Waals surface area (Å²) in [6, 6.07) is 9.06. The molecular weight excluding hydrogens is 438 g/mol. The molecule has 0 fully saturated rings. The SMILES string of the molecule is CC(C)c1cc(C(C)C)c(S(=O)(=O)NC(Cc2cccc(C(=N)N)c2)C(=O)O)c(C(C)C)c1. The van der Waals surface area contributed by atoms with Crippen LogP contribution in [0, 0.1) is 5.41 Å². The largest absolute Gasteiger partial charge is 0.480 e. The highest BCUT2D eigenvalue weighted by molar-refractivity contribution is 7.89. The van der Waals surface area contributed by atoms with Crippen LogP contribution in [0.25, 0.3) is 0 Å². The Kier molecular flexibility index (Phi) is 8.43. The van der Waals surface area contributed by atoms with Crippen molar-refractivity contribution < 1.29 is 18.3 Å². The molecule has 8 heteroatoms. The van der Waals surface area contributed by atoms with E-state index in [4.69, 9.17) is 11.1 Å². The molecule has 1 unspecified atom stereocenters. The second kappa shape index (κ2) is 10.5. The molecule has 7 nitrogen and oxygen atoms in total. The highest BCUT2D eigenvalue weighted by Gasteiger charge is 2.31. The van der Waals surface area contributed by atoms with E-state index in [1.807, 2.05) is 39.8 Å². The van der Waals surface area contributed by atoms with Crippen LogP contribution in [0.4, 0.5) is 0 Å². The molecule has 0 aliphatic heterocycles. The van der Waals surface area contributed by atoms with Gasteiger partial charge >= 0.3 is 5.97 Å². The molecule has 0 aliphatic rings. The molecule has 2 rings (SSSR count). The van der Waals surface area contributed by atoms with E-state index in [1.54, 1.807) is 24.3 Å². The minimum absolute atomic E-state index is 0.0664. The Labute approximate surface area is 197 Å². The van der Waals surface area contributed by atoms with Gasteiger partial charge in [0.1, 0.15) is 11.9 Å². The second-order valence-corrected chi connectivity index (χ2v) is 11.0. The van der Waals surface area contributed by atoms with Crippen molar-refractivity contribution in [3.05, 3.63) is 64.2 Å². The van der Waals surface area contributed by atoms with Crippen LogP contribution in [-0.2, 0) is 21.2 Å². The topological polar surface area (TPSA) is 133 Å². The van der Waals surface area contributed by atoms with E-state index in [-0.39, 0.29) is 34.9 Å². The van der Waals surface area contributed by atoms with Gasteiger partial charge in [0.15, 0.2) is 0 Å². The van der Waals surface area contributed by atoms with Crippen LogP contribution in [0.1, 0.15) is 87.1 Å². The summed E-state index contributed by atoms with van der Waals surface area (Å²) in [7, 11) is -4.14. The van der Waals surface area contributed by atoms with Crippen molar-refractivity contribution in [3.63, 3.8) is 0 Å². The van der Waals surface area contributed by atoms with Gasteiger partial charge in [0.25, 0.3) is 0 Å². The van der Waals surface area contributed by atoms with E-state index in [0.29, 0.717) is 22.3 Å².